The lowest BCUT2D eigenvalue weighted by Gasteiger charge is -2.19. The smallest absolute Gasteiger partial charge is 0.257 e. The Morgan fingerprint density at radius 1 is 1.09 bits per heavy atom. The summed E-state index contributed by atoms with van der Waals surface area (Å²) in [6.07, 6.45) is 1.09. The summed E-state index contributed by atoms with van der Waals surface area (Å²) < 4.78 is 25.4. The van der Waals surface area contributed by atoms with Crippen LogP contribution in [0.1, 0.15) is 10.4 Å². The van der Waals surface area contributed by atoms with Gasteiger partial charge in [0.1, 0.15) is 0 Å². The quantitative estimate of drug-likeness (QED) is 0.883. The number of carbonyl (C=O) groups is 1. The number of hydrogen-bond donors (Lipinski definition) is 1. The van der Waals surface area contributed by atoms with E-state index in [1.165, 1.54) is 7.05 Å². The van der Waals surface area contributed by atoms with E-state index in [9.17, 15) is 13.2 Å². The number of anilines is 2. The molecule has 5 nitrogen and oxygen atoms in total. The van der Waals surface area contributed by atoms with Gasteiger partial charge in [-0.3, -0.25) is 9.10 Å². The van der Waals surface area contributed by atoms with E-state index < -0.39 is 10.0 Å². The van der Waals surface area contributed by atoms with Crippen molar-refractivity contribution < 1.29 is 13.2 Å². The minimum atomic E-state index is -3.44. The van der Waals surface area contributed by atoms with Crippen LogP contribution in [0.4, 0.5) is 11.4 Å². The third-order valence-corrected chi connectivity index (χ3v) is 4.81. The van der Waals surface area contributed by atoms with Crippen LogP contribution >= 0.6 is 15.9 Å². The molecule has 0 saturated carbocycles. The van der Waals surface area contributed by atoms with Gasteiger partial charge in [0.2, 0.25) is 10.0 Å². The summed E-state index contributed by atoms with van der Waals surface area (Å²) in [6.45, 7) is 0. The van der Waals surface area contributed by atoms with Gasteiger partial charge in [-0.2, -0.15) is 0 Å². The summed E-state index contributed by atoms with van der Waals surface area (Å²) in [5.74, 6) is -0.367. The molecule has 1 N–H and O–H groups in total. The predicted octanol–water partition coefficient (Wildman–Crippen LogP) is 3.10. The number of nitrogens with one attached hydrogen (secondary N) is 1. The Balaban J connectivity index is 2.32. The zero-order valence-corrected chi connectivity index (χ0v) is 14.5. The summed E-state index contributed by atoms with van der Waals surface area (Å²) in [4.78, 5) is 12.4. The van der Waals surface area contributed by atoms with E-state index in [1.807, 2.05) is 12.1 Å². The lowest BCUT2D eigenvalue weighted by atomic mass is 10.1. The highest BCUT2D eigenvalue weighted by Crippen LogP contribution is 2.23. The first kappa shape index (κ1) is 16.5. The van der Waals surface area contributed by atoms with Crippen molar-refractivity contribution in [3.8, 4) is 0 Å². The molecular weight excluding hydrogens is 368 g/mol. The first-order valence-corrected chi connectivity index (χ1v) is 9.03. The molecule has 0 saturated heterocycles. The Kier molecular flexibility index (Phi) is 4.87. The van der Waals surface area contributed by atoms with Crippen LogP contribution in [0.2, 0.25) is 0 Å². The summed E-state index contributed by atoms with van der Waals surface area (Å²) >= 11 is 3.32. The standard InChI is InChI=1S/C15H15BrN2O3S/c1-18(22(2,20)21)14-6-4-3-5-13(14)15(19)17-12-9-7-11(16)8-10-12/h3-10H,1-2H3,(H,17,19). The monoisotopic (exact) mass is 382 g/mol. The van der Waals surface area contributed by atoms with Crippen LogP contribution < -0.4 is 9.62 Å². The van der Waals surface area contributed by atoms with Gasteiger partial charge in [0.25, 0.3) is 5.91 Å². The number of nitrogens with zero attached hydrogens (tertiary/aromatic N) is 1. The molecule has 0 bridgehead atoms. The Morgan fingerprint density at radius 3 is 2.27 bits per heavy atom. The Labute approximate surface area is 138 Å². The molecule has 0 atom stereocenters. The maximum atomic E-state index is 12.4. The minimum absolute atomic E-state index is 0.290. The van der Waals surface area contributed by atoms with Gasteiger partial charge in [-0.05, 0) is 36.4 Å². The SMILES string of the molecule is CN(c1ccccc1C(=O)Nc1ccc(Br)cc1)S(C)(=O)=O. The van der Waals surface area contributed by atoms with Crippen LogP contribution in [0.3, 0.4) is 0 Å². The van der Waals surface area contributed by atoms with E-state index in [1.54, 1.807) is 36.4 Å². The molecule has 0 heterocycles. The number of para-hydroxylation sites is 1. The molecule has 0 aliphatic carbocycles. The maximum absolute atomic E-state index is 12.4. The summed E-state index contributed by atoms with van der Waals surface area (Å²) in [6, 6.07) is 13.7. The van der Waals surface area contributed by atoms with E-state index in [2.05, 4.69) is 21.2 Å². The normalized spacial score (nSPS) is 11.0. The molecule has 22 heavy (non-hydrogen) atoms. The molecule has 116 valence electrons. The Bertz CT molecular complexity index is 789. The van der Waals surface area contributed by atoms with E-state index >= 15 is 0 Å². The van der Waals surface area contributed by atoms with Gasteiger partial charge in [0.05, 0.1) is 17.5 Å². The number of carbonyl (C=O) groups excluding carboxylic acids is 1. The van der Waals surface area contributed by atoms with E-state index in [-0.39, 0.29) is 5.91 Å². The predicted molar refractivity (Wildman–Crippen MR) is 91.8 cm³/mol. The van der Waals surface area contributed by atoms with Crippen LogP contribution in [0, 0.1) is 0 Å². The van der Waals surface area contributed by atoms with Crippen LogP contribution in [-0.2, 0) is 10.0 Å². The van der Waals surface area contributed by atoms with E-state index in [4.69, 9.17) is 0 Å². The second-order valence-electron chi connectivity index (χ2n) is 4.71. The average molecular weight is 383 g/mol. The molecule has 2 aromatic carbocycles. The van der Waals surface area contributed by atoms with Crippen molar-refractivity contribution in [2.45, 2.75) is 0 Å². The lowest BCUT2D eigenvalue weighted by molar-refractivity contribution is 0.102. The van der Waals surface area contributed by atoms with Crippen molar-refractivity contribution in [1.29, 1.82) is 0 Å². The van der Waals surface area contributed by atoms with Gasteiger partial charge in [0.15, 0.2) is 0 Å². The van der Waals surface area contributed by atoms with Crippen molar-refractivity contribution >= 4 is 43.2 Å². The second-order valence-corrected chi connectivity index (χ2v) is 7.64. The van der Waals surface area contributed by atoms with Crippen molar-refractivity contribution in [3.63, 3.8) is 0 Å². The number of amides is 1. The second kappa shape index (κ2) is 6.50. The number of sulfonamides is 1. The molecule has 2 rings (SSSR count). The number of benzene rings is 2. The zero-order valence-electron chi connectivity index (χ0n) is 12.1. The first-order valence-electron chi connectivity index (χ1n) is 6.39. The van der Waals surface area contributed by atoms with Crippen molar-refractivity contribution in [2.24, 2.45) is 0 Å². The van der Waals surface area contributed by atoms with Gasteiger partial charge in [-0.15, -0.1) is 0 Å². The average Bonchev–Trinajstić information content (AvgIpc) is 2.48. The third kappa shape index (κ3) is 3.86. The van der Waals surface area contributed by atoms with Gasteiger partial charge in [-0.25, -0.2) is 8.42 Å². The number of hydrogen-bond acceptors (Lipinski definition) is 3. The Hall–Kier alpha value is -1.86. The van der Waals surface area contributed by atoms with Crippen molar-refractivity contribution in [2.75, 3.05) is 22.9 Å². The molecule has 0 fully saturated rings. The fourth-order valence-electron chi connectivity index (χ4n) is 1.85. The Morgan fingerprint density at radius 2 is 1.68 bits per heavy atom. The van der Waals surface area contributed by atoms with Gasteiger partial charge < -0.3 is 5.32 Å². The van der Waals surface area contributed by atoms with Gasteiger partial charge in [0, 0.05) is 17.2 Å². The van der Waals surface area contributed by atoms with Crippen LogP contribution in [0.15, 0.2) is 53.0 Å². The first-order chi connectivity index (χ1) is 10.3. The van der Waals surface area contributed by atoms with Crippen LogP contribution in [-0.4, -0.2) is 27.6 Å². The fourth-order valence-corrected chi connectivity index (χ4v) is 2.63. The summed E-state index contributed by atoms with van der Waals surface area (Å²) in [5, 5.41) is 2.75. The highest BCUT2D eigenvalue weighted by Gasteiger charge is 2.19. The highest BCUT2D eigenvalue weighted by molar-refractivity contribution is 9.10. The highest BCUT2D eigenvalue weighted by atomic mass is 79.9. The molecule has 7 heteroatoms. The molecule has 0 spiro atoms. The van der Waals surface area contributed by atoms with Crippen LogP contribution in [0.25, 0.3) is 0 Å². The topological polar surface area (TPSA) is 66.5 Å². The lowest BCUT2D eigenvalue weighted by Crippen LogP contribution is -2.27. The molecule has 0 unspecified atom stereocenters. The molecular formula is C15H15BrN2O3S. The minimum Gasteiger partial charge on any atom is -0.322 e. The molecule has 0 aliphatic rings. The van der Waals surface area contributed by atoms with E-state index in [0.29, 0.717) is 16.9 Å². The molecule has 0 aliphatic heterocycles. The van der Waals surface area contributed by atoms with Crippen molar-refractivity contribution in [1.82, 2.24) is 0 Å². The van der Waals surface area contributed by atoms with Crippen molar-refractivity contribution in [3.05, 3.63) is 58.6 Å². The van der Waals surface area contributed by atoms with Gasteiger partial charge in [-0.1, -0.05) is 28.1 Å². The molecule has 0 aromatic heterocycles. The van der Waals surface area contributed by atoms with E-state index in [0.717, 1.165) is 15.0 Å². The number of halogens is 1. The number of rotatable bonds is 4. The maximum Gasteiger partial charge on any atom is 0.257 e. The largest absolute Gasteiger partial charge is 0.322 e. The van der Waals surface area contributed by atoms with Crippen LogP contribution in [0.5, 0.6) is 0 Å². The molecule has 1 amide bonds. The zero-order chi connectivity index (χ0) is 16.3. The van der Waals surface area contributed by atoms with Gasteiger partial charge >= 0.3 is 0 Å². The summed E-state index contributed by atoms with van der Waals surface area (Å²) in [5.41, 5.74) is 1.25. The molecule has 0 radical (unpaired) electrons. The molecule has 2 aromatic rings. The summed E-state index contributed by atoms with van der Waals surface area (Å²) in [7, 11) is -2.03. The third-order valence-electron chi connectivity index (χ3n) is 3.09. The fraction of sp³-hybridized carbons (Fsp3) is 0.133.